The molecule has 0 spiro atoms. The highest BCUT2D eigenvalue weighted by Crippen LogP contribution is 2.36. The molecule has 0 saturated heterocycles. The minimum absolute atomic E-state index is 0.0217. The molecule has 4 rings (SSSR count). The van der Waals surface area contributed by atoms with Crippen molar-refractivity contribution >= 4 is 27.3 Å². The van der Waals surface area contributed by atoms with E-state index in [1.54, 1.807) is 12.1 Å². The van der Waals surface area contributed by atoms with Gasteiger partial charge in [0.1, 0.15) is 4.83 Å². The van der Waals surface area contributed by atoms with Crippen molar-refractivity contribution in [2.45, 2.75) is 34.2 Å². The van der Waals surface area contributed by atoms with Crippen molar-refractivity contribution in [2.24, 2.45) is 0 Å². The van der Waals surface area contributed by atoms with Gasteiger partial charge >= 0.3 is 0 Å². The van der Waals surface area contributed by atoms with Gasteiger partial charge in [0.2, 0.25) is 0 Å². The number of aromatic nitrogens is 2. The fraction of sp³-hybridized carbons (Fsp3) is 0.208. The summed E-state index contributed by atoms with van der Waals surface area (Å²) >= 11 is 1.51. The summed E-state index contributed by atoms with van der Waals surface area (Å²) in [5.41, 5.74) is 5.84. The largest absolute Gasteiger partial charge is 0.292 e. The lowest BCUT2D eigenvalue weighted by Gasteiger charge is -2.08. The summed E-state index contributed by atoms with van der Waals surface area (Å²) in [5.74, 6) is -0.104. The molecular weight excluding hydrogens is 380 g/mol. The van der Waals surface area contributed by atoms with Gasteiger partial charge in [-0.15, -0.1) is 11.3 Å². The van der Waals surface area contributed by atoms with E-state index in [0.717, 1.165) is 21.6 Å². The number of hydrogen-bond donors (Lipinski definition) is 0. The van der Waals surface area contributed by atoms with Crippen molar-refractivity contribution in [3.8, 4) is 11.1 Å². The van der Waals surface area contributed by atoms with Gasteiger partial charge in [-0.25, -0.2) is 4.98 Å². The molecule has 29 heavy (non-hydrogen) atoms. The van der Waals surface area contributed by atoms with Crippen molar-refractivity contribution in [1.82, 2.24) is 9.55 Å². The fourth-order valence-corrected chi connectivity index (χ4v) is 4.48. The second kappa shape index (κ2) is 7.41. The van der Waals surface area contributed by atoms with Crippen LogP contribution < -0.4 is 5.56 Å². The van der Waals surface area contributed by atoms with Crippen LogP contribution in [0.5, 0.6) is 0 Å². The van der Waals surface area contributed by atoms with Crippen molar-refractivity contribution in [3.63, 3.8) is 0 Å². The third-order valence-corrected chi connectivity index (χ3v) is 6.35. The van der Waals surface area contributed by atoms with Gasteiger partial charge in [-0.3, -0.25) is 14.2 Å². The molecule has 0 amide bonds. The van der Waals surface area contributed by atoms with E-state index in [9.17, 15) is 9.59 Å². The number of aryl methyl sites for hydroxylation is 4. The molecule has 0 N–H and O–H groups in total. The Labute approximate surface area is 173 Å². The molecule has 0 aliphatic rings. The average Bonchev–Trinajstić information content (AvgIpc) is 3.03. The molecule has 0 fully saturated rings. The van der Waals surface area contributed by atoms with Crippen LogP contribution in [0.4, 0.5) is 0 Å². The number of benzene rings is 2. The van der Waals surface area contributed by atoms with E-state index in [1.165, 1.54) is 33.4 Å². The van der Waals surface area contributed by atoms with Crippen molar-refractivity contribution in [2.75, 3.05) is 0 Å². The van der Waals surface area contributed by atoms with Crippen LogP contribution in [0.1, 0.15) is 31.9 Å². The number of rotatable bonds is 4. The van der Waals surface area contributed by atoms with E-state index in [1.807, 2.05) is 32.0 Å². The molecule has 0 unspecified atom stereocenters. The Morgan fingerprint density at radius 3 is 2.41 bits per heavy atom. The first-order valence-electron chi connectivity index (χ1n) is 9.51. The summed E-state index contributed by atoms with van der Waals surface area (Å²) < 4.78 is 1.42. The van der Waals surface area contributed by atoms with E-state index in [-0.39, 0.29) is 17.9 Å². The number of Topliss-reactive ketones (excluding diaryl/α,β-unsaturated/α-hetero) is 1. The molecule has 0 bridgehead atoms. The Hall–Kier alpha value is -3.05. The number of carbonyl (C=O) groups excluding carboxylic acids is 1. The van der Waals surface area contributed by atoms with Gasteiger partial charge in [-0.1, -0.05) is 48.0 Å². The Balaban J connectivity index is 1.81. The van der Waals surface area contributed by atoms with Gasteiger partial charge in [0.15, 0.2) is 5.78 Å². The van der Waals surface area contributed by atoms with E-state index in [2.05, 4.69) is 31.0 Å². The third kappa shape index (κ3) is 3.54. The Bertz CT molecular complexity index is 1300. The molecular formula is C24H22N2O2S. The molecule has 2 heterocycles. The number of ketones is 1. The maximum Gasteiger partial charge on any atom is 0.263 e. The monoisotopic (exact) mass is 402 g/mol. The average molecular weight is 403 g/mol. The lowest BCUT2D eigenvalue weighted by molar-refractivity contribution is 0.0970. The zero-order valence-electron chi connectivity index (χ0n) is 16.9. The molecule has 0 radical (unpaired) electrons. The lowest BCUT2D eigenvalue weighted by atomic mass is 9.99. The molecule has 0 aliphatic heterocycles. The molecule has 4 nitrogen and oxygen atoms in total. The first-order valence-corrected chi connectivity index (χ1v) is 10.3. The SMILES string of the molecule is Cc1ccc(C(=O)Cn2cnc3sc(C)c(-c4ccc(C)c(C)c4)c3c2=O)cc1. The van der Waals surface area contributed by atoms with E-state index in [0.29, 0.717) is 15.8 Å². The highest BCUT2D eigenvalue weighted by Gasteiger charge is 2.18. The zero-order chi connectivity index (χ0) is 20.7. The third-order valence-electron chi connectivity index (χ3n) is 5.34. The van der Waals surface area contributed by atoms with E-state index >= 15 is 0 Å². The molecule has 0 saturated carbocycles. The van der Waals surface area contributed by atoms with Gasteiger partial charge in [0.05, 0.1) is 18.3 Å². The van der Waals surface area contributed by atoms with Crippen LogP contribution in [0.3, 0.4) is 0 Å². The predicted molar refractivity (Wildman–Crippen MR) is 119 cm³/mol. The van der Waals surface area contributed by atoms with E-state index in [4.69, 9.17) is 0 Å². The second-order valence-corrected chi connectivity index (χ2v) is 8.68. The van der Waals surface area contributed by atoms with Crippen LogP contribution in [-0.2, 0) is 6.54 Å². The number of fused-ring (bicyclic) bond motifs is 1. The minimum Gasteiger partial charge on any atom is -0.292 e. The second-order valence-electron chi connectivity index (χ2n) is 7.48. The van der Waals surface area contributed by atoms with Gasteiger partial charge in [0, 0.05) is 16.0 Å². The summed E-state index contributed by atoms with van der Waals surface area (Å²) in [6, 6.07) is 13.6. The molecule has 4 aromatic rings. The molecule has 0 aliphatic carbocycles. The van der Waals surface area contributed by atoms with Crippen LogP contribution in [0, 0.1) is 27.7 Å². The molecule has 2 aromatic heterocycles. The maximum absolute atomic E-state index is 13.3. The van der Waals surface area contributed by atoms with Gasteiger partial charge in [-0.05, 0) is 44.4 Å². The first-order chi connectivity index (χ1) is 13.8. The van der Waals surface area contributed by atoms with Gasteiger partial charge in [0.25, 0.3) is 5.56 Å². The van der Waals surface area contributed by atoms with Gasteiger partial charge in [-0.2, -0.15) is 0 Å². The number of hydrogen-bond acceptors (Lipinski definition) is 4. The van der Waals surface area contributed by atoms with Crippen LogP contribution >= 0.6 is 11.3 Å². The number of thiophene rings is 1. The Morgan fingerprint density at radius 1 is 1.00 bits per heavy atom. The molecule has 2 aromatic carbocycles. The molecule has 0 atom stereocenters. The topological polar surface area (TPSA) is 52.0 Å². The normalized spacial score (nSPS) is 11.2. The van der Waals surface area contributed by atoms with Crippen LogP contribution in [0.2, 0.25) is 0 Å². The minimum atomic E-state index is -0.173. The van der Waals surface area contributed by atoms with Crippen LogP contribution in [0.15, 0.2) is 53.6 Å². The standard InChI is InChI=1S/C24H22N2O2S/c1-14-5-8-18(9-6-14)20(27)12-26-13-25-23-22(24(26)28)21(17(4)29-23)19-10-7-15(2)16(3)11-19/h5-11,13H,12H2,1-4H3. The fourth-order valence-electron chi connectivity index (χ4n) is 3.48. The highest BCUT2D eigenvalue weighted by atomic mass is 32.1. The Kier molecular flexibility index (Phi) is 4.92. The number of carbonyl (C=O) groups is 1. The summed E-state index contributed by atoms with van der Waals surface area (Å²) in [6.07, 6.45) is 1.48. The smallest absolute Gasteiger partial charge is 0.263 e. The summed E-state index contributed by atoms with van der Waals surface area (Å²) in [7, 11) is 0. The zero-order valence-corrected chi connectivity index (χ0v) is 17.8. The summed E-state index contributed by atoms with van der Waals surface area (Å²) in [4.78, 5) is 32.2. The summed E-state index contributed by atoms with van der Waals surface area (Å²) in [5, 5.41) is 0.593. The first kappa shape index (κ1) is 19.3. The van der Waals surface area contributed by atoms with Gasteiger partial charge < -0.3 is 0 Å². The van der Waals surface area contributed by atoms with Crippen LogP contribution in [-0.4, -0.2) is 15.3 Å². The quantitative estimate of drug-likeness (QED) is 0.439. The number of nitrogens with zero attached hydrogens (tertiary/aromatic N) is 2. The molecule has 5 heteroatoms. The lowest BCUT2D eigenvalue weighted by Crippen LogP contribution is -2.24. The Morgan fingerprint density at radius 2 is 1.72 bits per heavy atom. The van der Waals surface area contributed by atoms with Crippen molar-refractivity contribution in [3.05, 3.63) is 86.3 Å². The highest BCUT2D eigenvalue weighted by molar-refractivity contribution is 7.19. The maximum atomic E-state index is 13.3. The van der Waals surface area contributed by atoms with Crippen LogP contribution in [0.25, 0.3) is 21.3 Å². The van der Waals surface area contributed by atoms with Crippen molar-refractivity contribution < 1.29 is 4.79 Å². The predicted octanol–water partition coefficient (Wildman–Crippen LogP) is 5.24. The van der Waals surface area contributed by atoms with E-state index < -0.39 is 0 Å². The summed E-state index contributed by atoms with van der Waals surface area (Å²) in [6.45, 7) is 8.11. The molecule has 146 valence electrons. The van der Waals surface area contributed by atoms with Crippen molar-refractivity contribution in [1.29, 1.82) is 0 Å².